The Labute approximate surface area is 140 Å². The Morgan fingerprint density at radius 3 is 2.56 bits per heavy atom. The highest BCUT2D eigenvalue weighted by molar-refractivity contribution is 6.01. The van der Waals surface area contributed by atoms with Crippen LogP contribution < -0.4 is 5.32 Å². The fourth-order valence-electron chi connectivity index (χ4n) is 3.01. The first kappa shape index (κ1) is 15.6. The van der Waals surface area contributed by atoms with Crippen LogP contribution in [0.5, 0.6) is 0 Å². The molecule has 2 aromatic carbocycles. The number of para-hydroxylation sites is 2. The van der Waals surface area contributed by atoms with Crippen LogP contribution in [-0.2, 0) is 0 Å². The third-order valence-corrected chi connectivity index (χ3v) is 4.09. The molecule has 0 spiro atoms. The van der Waals surface area contributed by atoms with Gasteiger partial charge in [0.15, 0.2) is 6.17 Å². The number of benzene rings is 2. The molecule has 1 amide bonds. The average Bonchev–Trinajstić information content (AvgIpc) is 3.00. The van der Waals surface area contributed by atoms with Gasteiger partial charge < -0.3 is 14.6 Å². The van der Waals surface area contributed by atoms with Crippen LogP contribution in [0.25, 0.3) is 11.0 Å². The molecule has 3 aromatic rings. The Morgan fingerprint density at radius 2 is 1.80 bits per heavy atom. The smallest absolute Gasteiger partial charge is 0.406 e. The Hall–Kier alpha value is -2.96. The van der Waals surface area contributed by atoms with Gasteiger partial charge in [-0.3, -0.25) is 4.79 Å². The number of fused-ring (bicyclic) bond motifs is 2. The number of hydrogen-bond donors (Lipinski definition) is 1. The number of anilines is 1. The number of alkyl halides is 3. The largest absolute Gasteiger partial charge is 0.457 e. The number of hydrogen-bond acceptors (Lipinski definition) is 3. The molecule has 0 bridgehead atoms. The summed E-state index contributed by atoms with van der Waals surface area (Å²) in [6, 6.07) is 15.3. The highest BCUT2D eigenvalue weighted by Gasteiger charge is 2.41. The molecule has 0 saturated heterocycles. The minimum absolute atomic E-state index is 0.208. The number of furan rings is 1. The van der Waals surface area contributed by atoms with Crippen molar-refractivity contribution in [2.45, 2.75) is 12.3 Å². The summed E-state index contributed by atoms with van der Waals surface area (Å²) in [5, 5.41) is 3.75. The number of amides is 1. The normalized spacial score (nSPS) is 17.5. The molecule has 1 aliphatic heterocycles. The number of nitrogens with zero attached hydrogens (tertiary/aromatic N) is 1. The number of nitrogens with one attached hydrogen (secondary N) is 1. The number of carbonyl (C=O) groups excluding carboxylic acids is 1. The van der Waals surface area contributed by atoms with Crippen LogP contribution in [0.4, 0.5) is 18.9 Å². The van der Waals surface area contributed by atoms with Gasteiger partial charge in [0, 0.05) is 11.1 Å². The van der Waals surface area contributed by atoms with E-state index in [-0.39, 0.29) is 11.3 Å². The van der Waals surface area contributed by atoms with Crippen molar-refractivity contribution in [1.82, 2.24) is 4.90 Å². The van der Waals surface area contributed by atoms with Crippen molar-refractivity contribution in [2.24, 2.45) is 0 Å². The van der Waals surface area contributed by atoms with Gasteiger partial charge in [-0.05, 0) is 24.3 Å². The molecule has 25 heavy (non-hydrogen) atoms. The third kappa shape index (κ3) is 2.82. The van der Waals surface area contributed by atoms with E-state index in [4.69, 9.17) is 4.42 Å². The molecule has 0 radical (unpaired) electrons. The number of carbonyl (C=O) groups is 1. The molecule has 7 heteroatoms. The molecule has 0 unspecified atom stereocenters. The molecule has 4 rings (SSSR count). The van der Waals surface area contributed by atoms with Crippen molar-refractivity contribution < 1.29 is 22.4 Å². The zero-order valence-electron chi connectivity index (χ0n) is 12.9. The van der Waals surface area contributed by atoms with Crippen LogP contribution in [0.3, 0.4) is 0 Å². The highest BCUT2D eigenvalue weighted by Crippen LogP contribution is 2.36. The maximum Gasteiger partial charge on any atom is 0.406 e. The SMILES string of the molecule is O=C1c2ccccc2N[C@H](c2cc3ccccc3o2)N1CC(F)(F)F. The van der Waals surface area contributed by atoms with Crippen molar-refractivity contribution in [3.8, 4) is 0 Å². The molecule has 1 aliphatic rings. The maximum atomic E-state index is 13.0. The molecule has 128 valence electrons. The topological polar surface area (TPSA) is 45.5 Å². The van der Waals surface area contributed by atoms with E-state index in [0.29, 0.717) is 11.3 Å². The Morgan fingerprint density at radius 1 is 1.08 bits per heavy atom. The summed E-state index contributed by atoms with van der Waals surface area (Å²) in [4.78, 5) is 13.4. The van der Waals surface area contributed by atoms with Crippen molar-refractivity contribution in [3.05, 3.63) is 65.9 Å². The predicted molar refractivity (Wildman–Crippen MR) is 86.1 cm³/mol. The van der Waals surface area contributed by atoms with Gasteiger partial charge >= 0.3 is 6.18 Å². The van der Waals surface area contributed by atoms with Gasteiger partial charge in [-0.1, -0.05) is 30.3 Å². The summed E-state index contributed by atoms with van der Waals surface area (Å²) in [6.07, 6.45) is -5.55. The van der Waals surface area contributed by atoms with E-state index in [1.807, 2.05) is 6.07 Å². The molecule has 2 heterocycles. The minimum Gasteiger partial charge on any atom is -0.457 e. The Bertz CT molecular complexity index is 916. The van der Waals surface area contributed by atoms with E-state index in [2.05, 4.69) is 5.32 Å². The molecule has 4 nitrogen and oxygen atoms in total. The lowest BCUT2D eigenvalue weighted by molar-refractivity contribution is -0.144. The first-order valence-corrected chi connectivity index (χ1v) is 7.64. The summed E-state index contributed by atoms with van der Waals surface area (Å²) < 4.78 is 44.8. The minimum atomic E-state index is -4.52. The van der Waals surface area contributed by atoms with Gasteiger partial charge in [0.1, 0.15) is 17.9 Å². The van der Waals surface area contributed by atoms with Crippen molar-refractivity contribution in [2.75, 3.05) is 11.9 Å². The van der Waals surface area contributed by atoms with E-state index in [0.717, 1.165) is 10.3 Å². The lowest BCUT2D eigenvalue weighted by Crippen LogP contribution is -2.47. The molecular formula is C18H13F3N2O2. The van der Waals surface area contributed by atoms with Crippen LogP contribution >= 0.6 is 0 Å². The Kier molecular flexibility index (Phi) is 3.45. The summed E-state index contributed by atoms with van der Waals surface area (Å²) in [7, 11) is 0. The first-order chi connectivity index (χ1) is 11.9. The fraction of sp³-hybridized carbons (Fsp3) is 0.167. The lowest BCUT2D eigenvalue weighted by atomic mass is 10.1. The van der Waals surface area contributed by atoms with Gasteiger partial charge in [-0.25, -0.2) is 0 Å². The molecule has 0 saturated carbocycles. The highest BCUT2D eigenvalue weighted by atomic mass is 19.4. The number of rotatable bonds is 2. The molecule has 1 N–H and O–H groups in total. The summed E-state index contributed by atoms with van der Waals surface area (Å²) in [6.45, 7) is -1.37. The second-order valence-corrected chi connectivity index (χ2v) is 5.83. The number of halogens is 3. The molecule has 0 fully saturated rings. The second kappa shape index (κ2) is 5.54. The standard InChI is InChI=1S/C18H13F3N2O2/c19-18(20,21)10-23-16(15-9-11-5-1-4-8-14(11)25-15)22-13-7-3-2-6-12(13)17(23)24/h1-9,16,22H,10H2/t16-/m0/s1. The first-order valence-electron chi connectivity index (χ1n) is 7.64. The lowest BCUT2D eigenvalue weighted by Gasteiger charge is -2.37. The van der Waals surface area contributed by atoms with Crippen molar-refractivity contribution in [3.63, 3.8) is 0 Å². The van der Waals surface area contributed by atoms with E-state index >= 15 is 0 Å². The molecule has 1 atom stereocenters. The van der Waals surface area contributed by atoms with Crippen LogP contribution in [0.15, 0.2) is 59.0 Å². The average molecular weight is 346 g/mol. The van der Waals surface area contributed by atoms with Gasteiger partial charge in [-0.2, -0.15) is 13.2 Å². The summed E-state index contributed by atoms with van der Waals surface area (Å²) in [5.74, 6) is -0.426. The van der Waals surface area contributed by atoms with Crippen molar-refractivity contribution >= 4 is 22.6 Å². The van der Waals surface area contributed by atoms with Gasteiger partial charge in [0.2, 0.25) is 0 Å². The van der Waals surface area contributed by atoms with Crippen LogP contribution in [0.2, 0.25) is 0 Å². The molecular weight excluding hydrogens is 333 g/mol. The Balaban J connectivity index is 1.81. The quantitative estimate of drug-likeness (QED) is 0.740. The third-order valence-electron chi connectivity index (χ3n) is 4.09. The molecule has 1 aromatic heterocycles. The summed E-state index contributed by atoms with van der Waals surface area (Å²) >= 11 is 0. The van der Waals surface area contributed by atoms with Crippen molar-refractivity contribution in [1.29, 1.82) is 0 Å². The van der Waals surface area contributed by atoms with Gasteiger partial charge in [0.25, 0.3) is 5.91 Å². The zero-order chi connectivity index (χ0) is 17.6. The second-order valence-electron chi connectivity index (χ2n) is 5.83. The van der Waals surface area contributed by atoms with E-state index in [9.17, 15) is 18.0 Å². The summed E-state index contributed by atoms with van der Waals surface area (Å²) in [5.41, 5.74) is 1.24. The van der Waals surface area contributed by atoms with E-state index in [1.54, 1.807) is 42.5 Å². The molecule has 0 aliphatic carbocycles. The predicted octanol–water partition coefficient (Wildman–Crippen LogP) is 4.56. The monoisotopic (exact) mass is 346 g/mol. The fourth-order valence-corrected chi connectivity index (χ4v) is 3.01. The zero-order valence-corrected chi connectivity index (χ0v) is 12.9. The van der Waals surface area contributed by atoms with Gasteiger partial charge in [0.05, 0.1) is 5.56 Å². The maximum absolute atomic E-state index is 13.0. The van der Waals surface area contributed by atoms with Gasteiger partial charge in [-0.15, -0.1) is 0 Å². The van der Waals surface area contributed by atoms with E-state index in [1.165, 1.54) is 6.07 Å². The van der Waals surface area contributed by atoms with Crippen LogP contribution in [0, 0.1) is 0 Å². The van der Waals surface area contributed by atoms with E-state index < -0.39 is 24.8 Å². The van der Waals surface area contributed by atoms with Crippen LogP contribution in [0.1, 0.15) is 22.3 Å². The van der Waals surface area contributed by atoms with Crippen LogP contribution in [-0.4, -0.2) is 23.5 Å².